The molecule has 0 spiro atoms. The summed E-state index contributed by atoms with van der Waals surface area (Å²) in [5, 5.41) is 3.26. The maximum atomic E-state index is 11.1. The van der Waals surface area contributed by atoms with E-state index in [1.54, 1.807) is 18.2 Å². The molecule has 0 unspecified atom stereocenters. The SMILES string of the molecule is CN(C)C(C)(C)CNc1cc(C(N)=O)ccc1N. The molecule has 0 atom stereocenters. The van der Waals surface area contributed by atoms with Gasteiger partial charge in [0.05, 0.1) is 11.4 Å². The zero-order valence-electron chi connectivity index (χ0n) is 11.4. The number of hydrogen-bond donors (Lipinski definition) is 3. The first-order chi connectivity index (χ1) is 8.24. The Morgan fingerprint density at radius 2 is 2.00 bits per heavy atom. The highest BCUT2D eigenvalue weighted by Crippen LogP contribution is 2.21. The summed E-state index contributed by atoms with van der Waals surface area (Å²) in [6.07, 6.45) is 0. The molecule has 0 radical (unpaired) electrons. The Morgan fingerprint density at radius 1 is 1.39 bits per heavy atom. The number of anilines is 2. The van der Waals surface area contributed by atoms with Crippen molar-refractivity contribution in [1.29, 1.82) is 0 Å². The van der Waals surface area contributed by atoms with Crippen LogP contribution in [0.1, 0.15) is 24.2 Å². The second kappa shape index (κ2) is 5.27. The second-order valence-corrected chi connectivity index (χ2v) is 5.23. The van der Waals surface area contributed by atoms with E-state index in [4.69, 9.17) is 11.5 Å². The molecule has 0 heterocycles. The average molecular weight is 250 g/mol. The maximum Gasteiger partial charge on any atom is 0.248 e. The third-order valence-corrected chi connectivity index (χ3v) is 3.26. The summed E-state index contributed by atoms with van der Waals surface area (Å²) in [6, 6.07) is 4.99. The maximum absolute atomic E-state index is 11.1. The number of carbonyl (C=O) groups excluding carboxylic acids is 1. The first-order valence-corrected chi connectivity index (χ1v) is 5.84. The highest BCUT2D eigenvalue weighted by Gasteiger charge is 2.20. The van der Waals surface area contributed by atoms with Crippen LogP contribution < -0.4 is 16.8 Å². The van der Waals surface area contributed by atoms with E-state index in [-0.39, 0.29) is 5.54 Å². The molecule has 5 N–H and O–H groups in total. The smallest absolute Gasteiger partial charge is 0.248 e. The molecular weight excluding hydrogens is 228 g/mol. The highest BCUT2D eigenvalue weighted by atomic mass is 16.1. The van der Waals surface area contributed by atoms with E-state index in [2.05, 4.69) is 24.1 Å². The van der Waals surface area contributed by atoms with Gasteiger partial charge in [0.2, 0.25) is 5.91 Å². The molecule has 1 amide bonds. The number of likely N-dealkylation sites (N-methyl/N-ethyl adjacent to an activating group) is 1. The Hall–Kier alpha value is -1.75. The number of benzene rings is 1. The lowest BCUT2D eigenvalue weighted by Crippen LogP contribution is -2.44. The van der Waals surface area contributed by atoms with Gasteiger partial charge in [-0.2, -0.15) is 0 Å². The van der Waals surface area contributed by atoms with Crippen molar-refractivity contribution in [3.63, 3.8) is 0 Å². The lowest BCUT2D eigenvalue weighted by molar-refractivity contribution is 0.100. The lowest BCUT2D eigenvalue weighted by Gasteiger charge is -2.33. The first kappa shape index (κ1) is 14.3. The number of rotatable bonds is 5. The summed E-state index contributed by atoms with van der Waals surface area (Å²) in [4.78, 5) is 13.2. The van der Waals surface area contributed by atoms with Crippen LogP contribution in [0.3, 0.4) is 0 Å². The summed E-state index contributed by atoms with van der Waals surface area (Å²) < 4.78 is 0. The fourth-order valence-corrected chi connectivity index (χ4v) is 1.33. The second-order valence-electron chi connectivity index (χ2n) is 5.23. The number of nitrogen functional groups attached to an aromatic ring is 1. The average Bonchev–Trinajstić information content (AvgIpc) is 2.27. The molecule has 0 aromatic heterocycles. The van der Waals surface area contributed by atoms with Gasteiger partial charge in [-0.3, -0.25) is 4.79 Å². The summed E-state index contributed by atoms with van der Waals surface area (Å²) in [7, 11) is 4.04. The van der Waals surface area contributed by atoms with E-state index in [1.165, 1.54) is 0 Å². The standard InChI is InChI=1S/C13H22N4O/c1-13(2,17(3)4)8-16-11-7-9(12(15)18)5-6-10(11)14/h5-7,16H,8,14H2,1-4H3,(H2,15,18). The van der Waals surface area contributed by atoms with Crippen molar-refractivity contribution < 1.29 is 4.79 Å². The third-order valence-electron chi connectivity index (χ3n) is 3.26. The van der Waals surface area contributed by atoms with Gasteiger partial charge in [0.1, 0.15) is 0 Å². The van der Waals surface area contributed by atoms with Gasteiger partial charge < -0.3 is 21.7 Å². The summed E-state index contributed by atoms with van der Waals surface area (Å²) >= 11 is 0. The van der Waals surface area contributed by atoms with E-state index in [0.717, 1.165) is 5.69 Å². The third kappa shape index (κ3) is 3.37. The first-order valence-electron chi connectivity index (χ1n) is 5.84. The molecule has 1 aromatic rings. The van der Waals surface area contributed by atoms with Crippen LogP contribution in [0.5, 0.6) is 0 Å². The van der Waals surface area contributed by atoms with Gasteiger partial charge in [-0.05, 0) is 46.1 Å². The largest absolute Gasteiger partial charge is 0.397 e. The van der Waals surface area contributed by atoms with E-state index < -0.39 is 5.91 Å². The van der Waals surface area contributed by atoms with Gasteiger partial charge in [0, 0.05) is 17.6 Å². The van der Waals surface area contributed by atoms with Crippen LogP contribution in [0.4, 0.5) is 11.4 Å². The van der Waals surface area contributed by atoms with Crippen LogP contribution in [0, 0.1) is 0 Å². The van der Waals surface area contributed by atoms with Crippen LogP contribution in [-0.2, 0) is 0 Å². The van der Waals surface area contributed by atoms with Crippen LogP contribution in [0.25, 0.3) is 0 Å². The van der Waals surface area contributed by atoms with E-state index in [0.29, 0.717) is 17.8 Å². The topological polar surface area (TPSA) is 84.4 Å². The molecule has 1 rings (SSSR count). The molecule has 0 aliphatic rings. The molecule has 0 saturated carbocycles. The van der Waals surface area contributed by atoms with Crippen LogP contribution in [0.15, 0.2) is 18.2 Å². The Labute approximate surface area is 108 Å². The zero-order chi connectivity index (χ0) is 13.9. The van der Waals surface area contributed by atoms with E-state index >= 15 is 0 Å². The van der Waals surface area contributed by atoms with E-state index in [1.807, 2.05) is 14.1 Å². The van der Waals surface area contributed by atoms with E-state index in [9.17, 15) is 4.79 Å². The number of amides is 1. The fourth-order valence-electron chi connectivity index (χ4n) is 1.33. The molecule has 5 nitrogen and oxygen atoms in total. The number of nitrogens with zero attached hydrogens (tertiary/aromatic N) is 1. The predicted octanol–water partition coefficient (Wildman–Crippen LogP) is 1.12. The molecule has 0 saturated heterocycles. The van der Waals surface area contributed by atoms with Crippen molar-refractivity contribution in [1.82, 2.24) is 4.90 Å². The minimum absolute atomic E-state index is 0.0187. The van der Waals surface area contributed by atoms with Gasteiger partial charge in [0.15, 0.2) is 0 Å². The Balaban J connectivity index is 2.85. The summed E-state index contributed by atoms with van der Waals surface area (Å²) in [5.41, 5.74) is 12.9. The molecule has 0 aliphatic heterocycles. The monoisotopic (exact) mass is 250 g/mol. The summed E-state index contributed by atoms with van der Waals surface area (Å²) in [6.45, 7) is 4.95. The molecule has 1 aromatic carbocycles. The minimum atomic E-state index is -0.454. The predicted molar refractivity (Wildman–Crippen MR) is 75.6 cm³/mol. The van der Waals surface area contributed by atoms with Gasteiger partial charge in [-0.15, -0.1) is 0 Å². The van der Waals surface area contributed by atoms with Gasteiger partial charge in [-0.1, -0.05) is 0 Å². The highest BCUT2D eigenvalue weighted by molar-refractivity contribution is 5.94. The number of carbonyl (C=O) groups is 1. The molecule has 18 heavy (non-hydrogen) atoms. The number of nitrogens with one attached hydrogen (secondary N) is 1. The number of hydrogen-bond acceptors (Lipinski definition) is 4. The molecule has 5 heteroatoms. The van der Waals surface area contributed by atoms with Crippen molar-refractivity contribution in [3.8, 4) is 0 Å². The molecule has 0 fully saturated rings. The van der Waals surface area contributed by atoms with Crippen LogP contribution >= 0.6 is 0 Å². The quantitative estimate of drug-likeness (QED) is 0.684. The van der Waals surface area contributed by atoms with Crippen LogP contribution in [-0.4, -0.2) is 37.0 Å². The number of nitrogens with two attached hydrogens (primary N) is 2. The Morgan fingerprint density at radius 3 is 2.50 bits per heavy atom. The van der Waals surface area contributed by atoms with Gasteiger partial charge in [-0.25, -0.2) is 0 Å². The van der Waals surface area contributed by atoms with Crippen LogP contribution in [0.2, 0.25) is 0 Å². The normalized spacial score (nSPS) is 11.6. The van der Waals surface area contributed by atoms with Crippen molar-refractivity contribution in [2.75, 3.05) is 31.7 Å². The molecular formula is C13H22N4O. The fraction of sp³-hybridized carbons (Fsp3) is 0.462. The summed E-state index contributed by atoms with van der Waals surface area (Å²) in [5.74, 6) is -0.454. The lowest BCUT2D eigenvalue weighted by atomic mass is 10.0. The van der Waals surface area contributed by atoms with Crippen molar-refractivity contribution >= 4 is 17.3 Å². The molecule has 100 valence electrons. The van der Waals surface area contributed by atoms with Crippen molar-refractivity contribution in [3.05, 3.63) is 23.8 Å². The molecule has 0 aliphatic carbocycles. The minimum Gasteiger partial charge on any atom is -0.397 e. The van der Waals surface area contributed by atoms with Gasteiger partial charge in [0.25, 0.3) is 0 Å². The van der Waals surface area contributed by atoms with Crippen molar-refractivity contribution in [2.24, 2.45) is 5.73 Å². The Bertz CT molecular complexity index is 441. The molecule has 0 bridgehead atoms. The van der Waals surface area contributed by atoms with Gasteiger partial charge >= 0.3 is 0 Å². The van der Waals surface area contributed by atoms with Crippen molar-refractivity contribution in [2.45, 2.75) is 19.4 Å². The zero-order valence-corrected chi connectivity index (χ0v) is 11.4. The number of primary amides is 1. The Kier molecular flexibility index (Phi) is 4.19.